The number of aryl methyl sites for hydroxylation is 1. The van der Waals surface area contributed by atoms with Crippen LogP contribution in [-0.4, -0.2) is 40.4 Å². The van der Waals surface area contributed by atoms with Gasteiger partial charge >= 0.3 is 5.69 Å². The van der Waals surface area contributed by atoms with Crippen LogP contribution in [0.15, 0.2) is 20.4 Å². The highest BCUT2D eigenvalue weighted by molar-refractivity contribution is 5.76. The minimum absolute atomic E-state index is 0.00314. The SMILES string of the molecule is Cn1c(=O)c2c(=O)cc(N3CCOCC3)[nH]c2n(C)c1=O. The Balaban J connectivity index is 2.32. The van der Waals surface area contributed by atoms with E-state index in [1.165, 1.54) is 24.7 Å². The minimum atomic E-state index is -0.581. The van der Waals surface area contributed by atoms with E-state index in [-0.39, 0.29) is 16.5 Å². The van der Waals surface area contributed by atoms with Crippen LogP contribution in [0, 0.1) is 0 Å². The average Bonchev–Trinajstić information content (AvgIpc) is 2.51. The molecule has 2 aromatic heterocycles. The van der Waals surface area contributed by atoms with Gasteiger partial charge in [0, 0.05) is 33.3 Å². The third-order valence-electron chi connectivity index (χ3n) is 3.78. The van der Waals surface area contributed by atoms with Gasteiger partial charge in [-0.1, -0.05) is 0 Å². The molecule has 1 aliphatic rings. The number of fused-ring (bicyclic) bond motifs is 1. The van der Waals surface area contributed by atoms with Crippen molar-refractivity contribution >= 4 is 16.9 Å². The summed E-state index contributed by atoms with van der Waals surface area (Å²) in [5, 5.41) is -0.00314. The summed E-state index contributed by atoms with van der Waals surface area (Å²) in [6.45, 7) is 2.46. The zero-order valence-corrected chi connectivity index (χ0v) is 11.9. The van der Waals surface area contributed by atoms with Crippen LogP contribution in [0.5, 0.6) is 0 Å². The number of nitrogens with one attached hydrogen (secondary N) is 1. The van der Waals surface area contributed by atoms with Gasteiger partial charge in [0.1, 0.15) is 16.9 Å². The van der Waals surface area contributed by atoms with E-state index in [0.717, 1.165) is 4.57 Å². The molecule has 0 amide bonds. The van der Waals surface area contributed by atoms with Gasteiger partial charge in [0.2, 0.25) is 0 Å². The number of morpholine rings is 1. The molecule has 0 atom stereocenters. The van der Waals surface area contributed by atoms with E-state index in [0.29, 0.717) is 32.1 Å². The highest BCUT2D eigenvalue weighted by Crippen LogP contribution is 2.12. The van der Waals surface area contributed by atoms with E-state index in [1.807, 2.05) is 4.90 Å². The Bertz CT molecular complexity index is 871. The van der Waals surface area contributed by atoms with Crippen molar-refractivity contribution in [2.24, 2.45) is 14.1 Å². The van der Waals surface area contributed by atoms with E-state index in [2.05, 4.69) is 4.98 Å². The minimum Gasteiger partial charge on any atom is -0.378 e. The fraction of sp³-hybridized carbons (Fsp3) is 0.462. The second-order valence-corrected chi connectivity index (χ2v) is 5.05. The summed E-state index contributed by atoms with van der Waals surface area (Å²) >= 11 is 0. The highest BCUT2D eigenvalue weighted by Gasteiger charge is 2.17. The van der Waals surface area contributed by atoms with Crippen LogP contribution in [-0.2, 0) is 18.8 Å². The monoisotopic (exact) mass is 292 g/mol. The topological polar surface area (TPSA) is 89.3 Å². The van der Waals surface area contributed by atoms with Crippen LogP contribution in [0.25, 0.3) is 11.0 Å². The van der Waals surface area contributed by atoms with Gasteiger partial charge < -0.3 is 14.6 Å². The Morgan fingerprint density at radius 3 is 2.43 bits per heavy atom. The summed E-state index contributed by atoms with van der Waals surface area (Å²) in [4.78, 5) is 41.3. The molecule has 3 heterocycles. The Morgan fingerprint density at radius 2 is 1.76 bits per heavy atom. The largest absolute Gasteiger partial charge is 0.378 e. The zero-order chi connectivity index (χ0) is 15.1. The summed E-state index contributed by atoms with van der Waals surface area (Å²) in [6, 6.07) is 1.40. The third kappa shape index (κ3) is 2.07. The molecule has 0 bridgehead atoms. The Kier molecular flexibility index (Phi) is 3.17. The van der Waals surface area contributed by atoms with E-state index in [9.17, 15) is 14.4 Å². The molecule has 112 valence electrons. The van der Waals surface area contributed by atoms with Gasteiger partial charge in [-0.25, -0.2) is 4.79 Å². The van der Waals surface area contributed by atoms with Gasteiger partial charge in [0.25, 0.3) is 5.56 Å². The fourth-order valence-electron chi connectivity index (χ4n) is 2.54. The number of aromatic amines is 1. The van der Waals surface area contributed by atoms with E-state index in [4.69, 9.17) is 4.74 Å². The first-order valence-corrected chi connectivity index (χ1v) is 6.66. The van der Waals surface area contributed by atoms with Crippen LogP contribution >= 0.6 is 0 Å². The van der Waals surface area contributed by atoms with Crippen molar-refractivity contribution in [2.45, 2.75) is 0 Å². The molecule has 1 aliphatic heterocycles. The lowest BCUT2D eigenvalue weighted by molar-refractivity contribution is 0.122. The molecule has 0 saturated carbocycles. The second kappa shape index (κ2) is 4.88. The smallest absolute Gasteiger partial charge is 0.332 e. The zero-order valence-electron chi connectivity index (χ0n) is 11.9. The van der Waals surface area contributed by atoms with Gasteiger partial charge in [-0.15, -0.1) is 0 Å². The van der Waals surface area contributed by atoms with Crippen molar-refractivity contribution in [2.75, 3.05) is 31.2 Å². The van der Waals surface area contributed by atoms with Gasteiger partial charge in [0.05, 0.1) is 13.2 Å². The fourth-order valence-corrected chi connectivity index (χ4v) is 2.54. The van der Waals surface area contributed by atoms with Crippen LogP contribution in [0.2, 0.25) is 0 Å². The van der Waals surface area contributed by atoms with Crippen LogP contribution in [0.3, 0.4) is 0 Å². The lowest BCUT2D eigenvalue weighted by atomic mass is 10.3. The molecule has 8 heteroatoms. The summed E-state index contributed by atoms with van der Waals surface area (Å²) in [7, 11) is 2.89. The first kappa shape index (κ1) is 13.6. The summed E-state index contributed by atoms with van der Waals surface area (Å²) in [6.07, 6.45) is 0. The van der Waals surface area contributed by atoms with Crippen molar-refractivity contribution in [1.29, 1.82) is 0 Å². The van der Waals surface area contributed by atoms with Crippen molar-refractivity contribution in [3.05, 3.63) is 37.1 Å². The molecule has 8 nitrogen and oxygen atoms in total. The maximum atomic E-state index is 12.3. The number of hydrogen-bond donors (Lipinski definition) is 1. The molecule has 0 aromatic carbocycles. The first-order valence-electron chi connectivity index (χ1n) is 6.66. The standard InChI is InChI=1S/C13H16N4O4/c1-15-11-10(12(19)16(2)13(15)20)8(18)7-9(14-11)17-3-5-21-6-4-17/h7H,3-6H2,1-2H3,(H,14,18). The van der Waals surface area contributed by atoms with Crippen molar-refractivity contribution < 1.29 is 4.74 Å². The average molecular weight is 292 g/mol. The van der Waals surface area contributed by atoms with Gasteiger partial charge in [0.15, 0.2) is 5.43 Å². The molecule has 0 radical (unpaired) electrons. The molecule has 1 fully saturated rings. The number of anilines is 1. The molecule has 0 spiro atoms. The normalized spacial score (nSPS) is 15.6. The Morgan fingerprint density at radius 1 is 1.10 bits per heavy atom. The van der Waals surface area contributed by atoms with E-state index in [1.54, 1.807) is 0 Å². The number of H-pyrrole nitrogens is 1. The molecule has 2 aromatic rings. The third-order valence-corrected chi connectivity index (χ3v) is 3.78. The first-order chi connectivity index (χ1) is 10.0. The van der Waals surface area contributed by atoms with Crippen molar-refractivity contribution in [3.8, 4) is 0 Å². The quantitative estimate of drug-likeness (QED) is 0.710. The lowest BCUT2D eigenvalue weighted by Crippen LogP contribution is -2.41. The molecule has 0 aliphatic carbocycles. The predicted molar refractivity (Wildman–Crippen MR) is 78.1 cm³/mol. The Labute approximate surface area is 119 Å². The summed E-state index contributed by atoms with van der Waals surface area (Å²) in [5.41, 5.74) is -1.19. The van der Waals surface area contributed by atoms with E-state index >= 15 is 0 Å². The van der Waals surface area contributed by atoms with Crippen molar-refractivity contribution in [1.82, 2.24) is 14.1 Å². The second-order valence-electron chi connectivity index (χ2n) is 5.05. The number of hydrogen-bond acceptors (Lipinski definition) is 5. The molecule has 0 unspecified atom stereocenters. The summed E-state index contributed by atoms with van der Waals surface area (Å²) in [5.74, 6) is 0.596. The maximum Gasteiger partial charge on any atom is 0.332 e. The molecule has 1 saturated heterocycles. The number of pyridine rings is 1. The lowest BCUT2D eigenvalue weighted by Gasteiger charge is -2.28. The van der Waals surface area contributed by atoms with Crippen LogP contribution < -0.4 is 21.6 Å². The molecule has 3 rings (SSSR count). The number of rotatable bonds is 1. The molecular formula is C13H16N4O4. The molecule has 21 heavy (non-hydrogen) atoms. The predicted octanol–water partition coefficient (Wildman–Crippen LogP) is -1.24. The van der Waals surface area contributed by atoms with Crippen LogP contribution in [0.4, 0.5) is 5.82 Å². The number of ether oxygens (including phenoxy) is 1. The van der Waals surface area contributed by atoms with Crippen LogP contribution in [0.1, 0.15) is 0 Å². The Hall–Kier alpha value is -2.35. The maximum absolute atomic E-state index is 12.3. The van der Waals surface area contributed by atoms with Gasteiger partial charge in [-0.05, 0) is 0 Å². The van der Waals surface area contributed by atoms with Gasteiger partial charge in [-0.2, -0.15) is 0 Å². The van der Waals surface area contributed by atoms with E-state index < -0.39 is 11.2 Å². The molecular weight excluding hydrogens is 276 g/mol. The van der Waals surface area contributed by atoms with Gasteiger partial charge in [-0.3, -0.25) is 18.7 Å². The molecule has 1 N–H and O–H groups in total. The summed E-state index contributed by atoms with van der Waals surface area (Å²) < 4.78 is 7.49. The van der Waals surface area contributed by atoms with Crippen molar-refractivity contribution in [3.63, 3.8) is 0 Å². The number of aromatic nitrogens is 3. The number of nitrogens with zero attached hydrogens (tertiary/aromatic N) is 3. The highest BCUT2D eigenvalue weighted by atomic mass is 16.5.